The minimum atomic E-state index is -0.354. The molecule has 4 nitrogen and oxygen atoms in total. The fraction of sp³-hybridized carbons (Fsp3) is 0.250. The molecule has 0 saturated carbocycles. The normalized spacial score (nSPS) is 11.4. The number of methoxy groups -OCH3 is 1. The van der Waals surface area contributed by atoms with Crippen LogP contribution >= 0.6 is 11.3 Å². The number of carbonyl (C=O) groups excluding carboxylic acids is 1. The van der Waals surface area contributed by atoms with Crippen molar-refractivity contribution in [2.75, 3.05) is 7.11 Å². The number of nitrogens with zero attached hydrogens (tertiary/aromatic N) is 1. The molecule has 70 valence electrons. The Labute approximate surface area is 80.0 Å². The molecule has 0 aliphatic heterocycles. The van der Waals surface area contributed by atoms with Gasteiger partial charge in [0.1, 0.15) is 5.00 Å². The van der Waals surface area contributed by atoms with Gasteiger partial charge in [-0.05, 0) is 13.0 Å². The topological polar surface area (TPSA) is 64.7 Å². The van der Waals surface area contributed by atoms with E-state index in [4.69, 9.17) is 5.73 Å². The maximum atomic E-state index is 11.0. The predicted octanol–water partition coefficient (Wildman–Crippen LogP) is 1.54. The van der Waals surface area contributed by atoms with Crippen LogP contribution in [0.25, 0.3) is 0 Å². The van der Waals surface area contributed by atoms with E-state index in [0.29, 0.717) is 16.4 Å². The summed E-state index contributed by atoms with van der Waals surface area (Å²) in [6.07, 6.45) is 0. The predicted molar refractivity (Wildman–Crippen MR) is 52.6 cm³/mol. The Hall–Kier alpha value is -1.36. The van der Waals surface area contributed by atoms with E-state index in [-0.39, 0.29) is 5.97 Å². The van der Waals surface area contributed by atoms with Crippen molar-refractivity contribution in [3.05, 3.63) is 17.0 Å². The van der Waals surface area contributed by atoms with Crippen LogP contribution in [0.4, 0.5) is 5.00 Å². The number of hydrogen-bond acceptors (Lipinski definition) is 4. The Kier molecular flexibility index (Phi) is 3.02. The number of amidine groups is 1. The van der Waals surface area contributed by atoms with Crippen molar-refractivity contribution in [3.63, 3.8) is 0 Å². The molecule has 1 heterocycles. The molecule has 0 radical (unpaired) electrons. The Morgan fingerprint density at radius 3 is 2.92 bits per heavy atom. The van der Waals surface area contributed by atoms with Gasteiger partial charge in [-0.2, -0.15) is 0 Å². The minimum Gasteiger partial charge on any atom is -0.465 e. The molecule has 0 amide bonds. The molecule has 0 unspecified atom stereocenters. The Morgan fingerprint density at radius 2 is 2.38 bits per heavy atom. The Morgan fingerprint density at radius 1 is 1.69 bits per heavy atom. The van der Waals surface area contributed by atoms with Crippen molar-refractivity contribution in [2.24, 2.45) is 10.7 Å². The van der Waals surface area contributed by atoms with E-state index in [9.17, 15) is 4.79 Å². The van der Waals surface area contributed by atoms with Crippen molar-refractivity contribution in [3.8, 4) is 0 Å². The number of carbonyl (C=O) groups is 1. The highest BCUT2D eigenvalue weighted by atomic mass is 32.1. The zero-order valence-electron chi connectivity index (χ0n) is 7.40. The molecule has 1 aromatic rings. The molecule has 0 aliphatic carbocycles. The quantitative estimate of drug-likeness (QED) is 0.445. The summed E-state index contributed by atoms with van der Waals surface area (Å²) < 4.78 is 4.54. The van der Waals surface area contributed by atoms with Crippen LogP contribution in [0.15, 0.2) is 16.4 Å². The lowest BCUT2D eigenvalue weighted by Gasteiger charge is -1.91. The molecule has 0 aliphatic rings. The number of aliphatic imine (C=N–C) groups is 1. The van der Waals surface area contributed by atoms with E-state index in [1.54, 1.807) is 18.4 Å². The highest BCUT2D eigenvalue weighted by Crippen LogP contribution is 2.23. The molecule has 0 aromatic carbocycles. The molecule has 0 atom stereocenters. The SMILES string of the molecule is COC(=O)c1csc(/N=C(\C)N)c1. The van der Waals surface area contributed by atoms with Crippen LogP contribution in [0.2, 0.25) is 0 Å². The third kappa shape index (κ3) is 2.55. The Balaban J connectivity index is 2.87. The summed E-state index contributed by atoms with van der Waals surface area (Å²) in [5.41, 5.74) is 5.89. The fourth-order valence-electron chi connectivity index (χ4n) is 0.782. The van der Waals surface area contributed by atoms with Crippen LogP contribution in [0.1, 0.15) is 17.3 Å². The molecule has 1 aromatic heterocycles. The maximum Gasteiger partial charge on any atom is 0.338 e. The van der Waals surface area contributed by atoms with Crippen molar-refractivity contribution in [1.82, 2.24) is 0 Å². The molecule has 0 bridgehead atoms. The van der Waals surface area contributed by atoms with Crippen LogP contribution in [0, 0.1) is 0 Å². The van der Waals surface area contributed by atoms with Crippen LogP contribution in [0.5, 0.6) is 0 Å². The third-order valence-electron chi connectivity index (χ3n) is 1.29. The van der Waals surface area contributed by atoms with Gasteiger partial charge in [0, 0.05) is 5.38 Å². The molecule has 2 N–H and O–H groups in total. The maximum absolute atomic E-state index is 11.0. The number of hydrogen-bond donors (Lipinski definition) is 1. The van der Waals surface area contributed by atoms with Crippen molar-refractivity contribution >= 4 is 28.1 Å². The summed E-state index contributed by atoms with van der Waals surface area (Å²) in [5.74, 6) is 0.116. The van der Waals surface area contributed by atoms with Gasteiger partial charge in [0.05, 0.1) is 18.5 Å². The molecule has 5 heteroatoms. The van der Waals surface area contributed by atoms with Gasteiger partial charge in [-0.1, -0.05) is 0 Å². The number of esters is 1. The highest BCUT2D eigenvalue weighted by Gasteiger charge is 2.07. The van der Waals surface area contributed by atoms with E-state index >= 15 is 0 Å². The summed E-state index contributed by atoms with van der Waals surface area (Å²) >= 11 is 1.35. The van der Waals surface area contributed by atoms with Crippen LogP contribution in [-0.4, -0.2) is 18.9 Å². The van der Waals surface area contributed by atoms with Crippen LogP contribution in [-0.2, 0) is 4.74 Å². The zero-order valence-corrected chi connectivity index (χ0v) is 8.22. The third-order valence-corrected chi connectivity index (χ3v) is 2.12. The summed E-state index contributed by atoms with van der Waals surface area (Å²) in [6, 6.07) is 1.65. The number of rotatable bonds is 2. The van der Waals surface area contributed by atoms with Crippen molar-refractivity contribution < 1.29 is 9.53 Å². The first-order valence-electron chi connectivity index (χ1n) is 3.61. The fourth-order valence-corrected chi connectivity index (χ4v) is 1.59. The summed E-state index contributed by atoms with van der Waals surface area (Å²) in [4.78, 5) is 15.0. The average Bonchev–Trinajstić information content (AvgIpc) is 2.50. The van der Waals surface area contributed by atoms with Gasteiger partial charge in [0.15, 0.2) is 0 Å². The summed E-state index contributed by atoms with van der Waals surface area (Å²) in [5, 5.41) is 2.40. The van der Waals surface area contributed by atoms with Gasteiger partial charge in [0.2, 0.25) is 0 Å². The van der Waals surface area contributed by atoms with E-state index in [2.05, 4.69) is 9.73 Å². The minimum absolute atomic E-state index is 0.354. The number of nitrogens with two attached hydrogens (primary N) is 1. The monoisotopic (exact) mass is 198 g/mol. The lowest BCUT2D eigenvalue weighted by atomic mass is 10.3. The molecule has 0 spiro atoms. The molecule has 13 heavy (non-hydrogen) atoms. The second-order valence-electron chi connectivity index (χ2n) is 2.42. The van der Waals surface area contributed by atoms with Gasteiger partial charge in [-0.3, -0.25) is 0 Å². The van der Waals surface area contributed by atoms with E-state index in [1.165, 1.54) is 18.4 Å². The van der Waals surface area contributed by atoms with Gasteiger partial charge >= 0.3 is 5.97 Å². The zero-order chi connectivity index (χ0) is 9.84. The Bertz CT molecular complexity index is 340. The first-order valence-corrected chi connectivity index (χ1v) is 4.49. The average molecular weight is 198 g/mol. The van der Waals surface area contributed by atoms with Crippen LogP contribution < -0.4 is 5.73 Å². The van der Waals surface area contributed by atoms with Crippen molar-refractivity contribution in [1.29, 1.82) is 0 Å². The largest absolute Gasteiger partial charge is 0.465 e. The molecule has 0 fully saturated rings. The second kappa shape index (κ2) is 4.04. The summed E-state index contributed by atoms with van der Waals surface area (Å²) in [6.45, 7) is 1.69. The van der Waals surface area contributed by atoms with Gasteiger partial charge < -0.3 is 10.5 Å². The summed E-state index contributed by atoms with van der Waals surface area (Å²) in [7, 11) is 1.34. The van der Waals surface area contributed by atoms with Gasteiger partial charge in [-0.25, -0.2) is 9.79 Å². The highest BCUT2D eigenvalue weighted by molar-refractivity contribution is 7.14. The molecular formula is C8H10N2O2S. The molecular weight excluding hydrogens is 188 g/mol. The first kappa shape index (κ1) is 9.73. The smallest absolute Gasteiger partial charge is 0.338 e. The van der Waals surface area contributed by atoms with Crippen LogP contribution in [0.3, 0.4) is 0 Å². The lowest BCUT2D eigenvalue weighted by molar-refractivity contribution is 0.0601. The van der Waals surface area contributed by atoms with Crippen molar-refractivity contribution in [2.45, 2.75) is 6.92 Å². The number of thiophene rings is 1. The van der Waals surface area contributed by atoms with Gasteiger partial charge in [0.25, 0.3) is 0 Å². The molecule has 0 saturated heterocycles. The standard InChI is InChI=1S/C8H10N2O2S/c1-5(9)10-7-3-6(4-13-7)8(11)12-2/h3-4H,1-2H3,(H2,9,10). The van der Waals surface area contributed by atoms with Gasteiger partial charge in [-0.15, -0.1) is 11.3 Å². The molecule has 1 rings (SSSR count). The van der Waals surface area contributed by atoms with E-state index < -0.39 is 0 Å². The van der Waals surface area contributed by atoms with E-state index in [1.807, 2.05) is 0 Å². The first-order chi connectivity index (χ1) is 6.13. The number of ether oxygens (including phenoxy) is 1. The lowest BCUT2D eigenvalue weighted by Crippen LogP contribution is -2.03. The second-order valence-corrected chi connectivity index (χ2v) is 3.31. The van der Waals surface area contributed by atoms with E-state index in [0.717, 1.165) is 0 Å².